The minimum absolute atomic E-state index is 0.313. The molecule has 0 radical (unpaired) electrons. The number of ether oxygens (including phenoxy) is 5. The normalized spacial score (nSPS) is 22.6. The highest BCUT2D eigenvalue weighted by molar-refractivity contribution is 6.35. The molecule has 0 N–H and O–H groups in total. The molecule has 0 spiro atoms. The Morgan fingerprint density at radius 1 is 0.805 bits per heavy atom. The molecule has 0 aromatic heterocycles. The van der Waals surface area contributed by atoms with Crippen LogP contribution in [0.25, 0.3) is 0 Å². The number of halogens is 2. The van der Waals surface area contributed by atoms with Gasteiger partial charge in [-0.15, -0.1) is 0 Å². The van der Waals surface area contributed by atoms with E-state index in [4.69, 9.17) is 46.9 Å². The molecule has 9 nitrogen and oxygen atoms in total. The quantitative estimate of drug-likeness (QED) is 0.426. The van der Waals surface area contributed by atoms with Crippen LogP contribution in [-0.2, 0) is 9.47 Å². The number of rotatable bonds is 4. The number of carbonyl (C=O) groups is 2. The monoisotopic (exact) mass is 608 g/mol. The van der Waals surface area contributed by atoms with E-state index in [1.54, 1.807) is 30.3 Å². The van der Waals surface area contributed by atoms with Crippen molar-refractivity contribution in [3.8, 4) is 17.2 Å². The van der Waals surface area contributed by atoms with Crippen LogP contribution < -0.4 is 14.2 Å². The topological polar surface area (TPSA) is 86.8 Å². The van der Waals surface area contributed by atoms with E-state index in [-0.39, 0.29) is 6.10 Å². The van der Waals surface area contributed by atoms with Gasteiger partial charge in [0.1, 0.15) is 6.10 Å². The van der Waals surface area contributed by atoms with Gasteiger partial charge in [0.05, 0.1) is 38.6 Å². The van der Waals surface area contributed by atoms with E-state index < -0.39 is 11.9 Å². The Labute approximate surface area is 251 Å². The minimum atomic E-state index is -0.460. The van der Waals surface area contributed by atoms with E-state index in [9.17, 15) is 9.59 Å². The molecular weight excluding hydrogens is 571 g/mol. The van der Waals surface area contributed by atoms with Crippen LogP contribution in [0.1, 0.15) is 52.8 Å². The third kappa shape index (κ3) is 9.13. The maximum atomic E-state index is 13.0. The van der Waals surface area contributed by atoms with Gasteiger partial charge in [0.2, 0.25) is 5.75 Å². The van der Waals surface area contributed by atoms with E-state index in [0.29, 0.717) is 70.9 Å². The molecule has 2 aromatic rings. The molecule has 0 saturated carbocycles. The molecule has 2 aliphatic heterocycles. The fourth-order valence-electron chi connectivity index (χ4n) is 5.14. The summed E-state index contributed by atoms with van der Waals surface area (Å²) in [4.78, 5) is 30.7. The number of esters is 2. The predicted octanol–water partition coefficient (Wildman–Crippen LogP) is 5.35. The van der Waals surface area contributed by atoms with Crippen molar-refractivity contribution in [3.63, 3.8) is 0 Å². The molecular formula is C30H38Cl2N2O7. The lowest BCUT2D eigenvalue weighted by Crippen LogP contribution is -2.34. The summed E-state index contributed by atoms with van der Waals surface area (Å²) in [6, 6.07) is 7.90. The van der Waals surface area contributed by atoms with Crippen LogP contribution in [0.3, 0.4) is 0 Å². The number of nitrogens with zero attached hydrogens (tertiary/aromatic N) is 2. The number of benzene rings is 2. The highest BCUT2D eigenvalue weighted by Crippen LogP contribution is 2.39. The smallest absolute Gasteiger partial charge is 0.338 e. The van der Waals surface area contributed by atoms with Crippen molar-refractivity contribution in [2.24, 2.45) is 0 Å². The SMILES string of the molecule is COc1cc2cc(c1OC)OCCCC(OC(=O)c1cc(Cl)cc(Cl)c1)CCN1CCCN(CCCOC2=O)CC1. The van der Waals surface area contributed by atoms with Crippen molar-refractivity contribution in [1.29, 1.82) is 0 Å². The molecule has 1 fully saturated rings. The first-order valence-corrected chi connectivity index (χ1v) is 14.8. The molecule has 4 rings (SSSR count). The summed E-state index contributed by atoms with van der Waals surface area (Å²) in [5.74, 6) is 0.250. The number of fused-ring (bicyclic) bond motifs is 5. The summed E-state index contributed by atoms with van der Waals surface area (Å²) in [7, 11) is 3.02. The number of carbonyl (C=O) groups excluding carboxylic acids is 2. The average Bonchev–Trinajstić information content (AvgIpc) is 3.19. The molecule has 2 heterocycles. The van der Waals surface area contributed by atoms with Crippen LogP contribution in [0, 0.1) is 0 Å². The van der Waals surface area contributed by atoms with Crippen molar-refractivity contribution in [2.75, 3.05) is 66.7 Å². The van der Waals surface area contributed by atoms with Gasteiger partial charge in [-0.1, -0.05) is 23.2 Å². The zero-order valence-corrected chi connectivity index (χ0v) is 25.2. The Balaban J connectivity index is 1.52. The summed E-state index contributed by atoms with van der Waals surface area (Å²) >= 11 is 12.2. The zero-order valence-electron chi connectivity index (χ0n) is 23.7. The third-order valence-corrected chi connectivity index (χ3v) is 7.72. The standard InChI is InChI=1S/C30H38Cl2N2O7/c1-37-26-18-22-19-27(28(26)38-2)39-14-3-6-25(41-30(36)21-16-23(31)20-24(32)17-21)7-11-34-9-4-8-33(12-13-34)10-5-15-40-29(22)35/h16-20,25H,3-15H2,1-2H3. The van der Waals surface area contributed by atoms with Gasteiger partial charge in [0.25, 0.3) is 0 Å². The maximum Gasteiger partial charge on any atom is 0.338 e. The van der Waals surface area contributed by atoms with Gasteiger partial charge in [-0.25, -0.2) is 9.59 Å². The predicted molar refractivity (Wildman–Crippen MR) is 157 cm³/mol. The average molecular weight is 610 g/mol. The molecule has 11 heteroatoms. The van der Waals surface area contributed by atoms with Crippen LogP contribution >= 0.6 is 23.2 Å². The van der Waals surface area contributed by atoms with Gasteiger partial charge in [-0.3, -0.25) is 0 Å². The molecule has 41 heavy (non-hydrogen) atoms. The largest absolute Gasteiger partial charge is 0.493 e. The van der Waals surface area contributed by atoms with Gasteiger partial charge in [-0.05, 0) is 75.5 Å². The van der Waals surface area contributed by atoms with Gasteiger partial charge in [0.15, 0.2) is 11.5 Å². The van der Waals surface area contributed by atoms with Crippen molar-refractivity contribution in [1.82, 2.24) is 9.80 Å². The molecule has 0 amide bonds. The van der Waals surface area contributed by atoms with Crippen molar-refractivity contribution >= 4 is 35.1 Å². The van der Waals surface area contributed by atoms with Crippen LogP contribution in [0.4, 0.5) is 0 Å². The van der Waals surface area contributed by atoms with Gasteiger partial charge >= 0.3 is 11.9 Å². The molecule has 3 atom stereocenters. The summed E-state index contributed by atoms with van der Waals surface area (Å²) < 4.78 is 28.6. The zero-order chi connectivity index (χ0) is 29.2. The van der Waals surface area contributed by atoms with Gasteiger partial charge < -0.3 is 33.5 Å². The van der Waals surface area contributed by atoms with Crippen molar-refractivity contribution < 1.29 is 33.3 Å². The van der Waals surface area contributed by atoms with Crippen LogP contribution in [0.15, 0.2) is 30.3 Å². The number of hydrogen-bond donors (Lipinski definition) is 0. The highest BCUT2D eigenvalue weighted by atomic mass is 35.5. The molecule has 4 bridgehead atoms. The second kappa shape index (κ2) is 15.5. The van der Waals surface area contributed by atoms with Crippen LogP contribution in [-0.4, -0.2) is 94.5 Å². The lowest BCUT2D eigenvalue weighted by Gasteiger charge is -2.24. The third-order valence-electron chi connectivity index (χ3n) is 7.28. The van der Waals surface area contributed by atoms with Crippen molar-refractivity contribution in [3.05, 3.63) is 51.5 Å². The lowest BCUT2D eigenvalue weighted by atomic mass is 10.1. The van der Waals surface area contributed by atoms with Crippen LogP contribution in [0.2, 0.25) is 10.0 Å². The summed E-state index contributed by atoms with van der Waals surface area (Å²) in [6.45, 7) is 6.15. The number of hydrogen-bond acceptors (Lipinski definition) is 9. The first-order valence-electron chi connectivity index (χ1n) is 14.0. The Bertz CT molecular complexity index is 1180. The Hall–Kier alpha value is -2.72. The second-order valence-corrected chi connectivity index (χ2v) is 11.1. The van der Waals surface area contributed by atoms with E-state index in [1.165, 1.54) is 14.2 Å². The fourth-order valence-corrected chi connectivity index (χ4v) is 5.66. The molecule has 2 aliphatic rings. The Morgan fingerprint density at radius 3 is 2.20 bits per heavy atom. The van der Waals surface area contributed by atoms with Gasteiger partial charge in [-0.2, -0.15) is 0 Å². The Kier molecular flexibility index (Phi) is 11.8. The summed E-state index contributed by atoms with van der Waals surface area (Å²) in [5.41, 5.74) is 0.646. The molecule has 224 valence electrons. The molecule has 0 aliphatic carbocycles. The number of methoxy groups -OCH3 is 2. The lowest BCUT2D eigenvalue weighted by molar-refractivity contribution is 0.0221. The second-order valence-electron chi connectivity index (χ2n) is 10.2. The molecule has 2 aromatic carbocycles. The van der Waals surface area contributed by atoms with E-state index >= 15 is 0 Å². The fraction of sp³-hybridized carbons (Fsp3) is 0.533. The summed E-state index contributed by atoms with van der Waals surface area (Å²) in [5, 5.41) is 0.755. The van der Waals surface area contributed by atoms with E-state index in [2.05, 4.69) is 9.80 Å². The highest BCUT2D eigenvalue weighted by Gasteiger charge is 2.22. The van der Waals surface area contributed by atoms with Gasteiger partial charge in [0, 0.05) is 36.2 Å². The minimum Gasteiger partial charge on any atom is -0.493 e. The first kappa shape index (κ1) is 31.2. The van der Waals surface area contributed by atoms with Crippen LogP contribution in [0.5, 0.6) is 17.2 Å². The Morgan fingerprint density at radius 2 is 1.49 bits per heavy atom. The first-order chi connectivity index (χ1) is 19.9. The molecule has 1 saturated heterocycles. The number of cyclic esters (lactones) is 1. The summed E-state index contributed by atoms with van der Waals surface area (Å²) in [6.07, 6.45) is 3.34. The molecule has 3 unspecified atom stereocenters. The van der Waals surface area contributed by atoms with E-state index in [0.717, 1.165) is 52.1 Å². The van der Waals surface area contributed by atoms with E-state index in [1.807, 2.05) is 0 Å². The maximum absolute atomic E-state index is 13.0. The van der Waals surface area contributed by atoms with Crippen molar-refractivity contribution in [2.45, 2.75) is 38.2 Å².